The van der Waals surface area contributed by atoms with E-state index in [0.717, 1.165) is 12.1 Å². The number of rotatable bonds is 4. The Balaban J connectivity index is 2.08. The van der Waals surface area contributed by atoms with Gasteiger partial charge >= 0.3 is 0 Å². The molecule has 4 heteroatoms. The summed E-state index contributed by atoms with van der Waals surface area (Å²) in [6.45, 7) is 0. The van der Waals surface area contributed by atoms with E-state index in [4.69, 9.17) is 4.74 Å². The average molecular weight is 210 g/mol. The Kier molecular flexibility index (Phi) is 2.95. The molecule has 2 rings (SSSR count). The number of aromatic nitrogens is 2. The lowest BCUT2D eigenvalue weighted by atomic mass is 9.81. The summed E-state index contributed by atoms with van der Waals surface area (Å²) in [5.41, 5.74) is 0.796. The molecule has 0 aromatic carbocycles. The average Bonchev–Trinajstić information content (AvgIpc) is 2.53. The van der Waals surface area contributed by atoms with Crippen molar-refractivity contribution in [2.24, 2.45) is 13.0 Å². The summed E-state index contributed by atoms with van der Waals surface area (Å²) in [5, 5.41) is 14.2. The number of hydrogen-bond acceptors (Lipinski definition) is 3. The van der Waals surface area contributed by atoms with E-state index in [9.17, 15) is 5.11 Å². The molecular weight excluding hydrogens is 192 g/mol. The number of methoxy groups -OCH3 is 1. The van der Waals surface area contributed by atoms with Crippen LogP contribution in [0.2, 0.25) is 0 Å². The third-order valence-electron chi connectivity index (χ3n) is 3.27. The van der Waals surface area contributed by atoms with E-state index in [2.05, 4.69) is 5.10 Å². The van der Waals surface area contributed by atoms with Gasteiger partial charge in [0.15, 0.2) is 5.75 Å². The molecule has 1 fully saturated rings. The summed E-state index contributed by atoms with van der Waals surface area (Å²) < 4.78 is 6.87. The van der Waals surface area contributed by atoms with Crippen LogP contribution >= 0.6 is 0 Å². The highest BCUT2D eigenvalue weighted by atomic mass is 16.5. The van der Waals surface area contributed by atoms with Crippen molar-refractivity contribution in [3.05, 3.63) is 11.9 Å². The fourth-order valence-electron chi connectivity index (χ4n) is 2.12. The molecule has 1 saturated carbocycles. The zero-order chi connectivity index (χ0) is 10.8. The maximum absolute atomic E-state index is 10.1. The molecule has 1 aliphatic rings. The molecule has 1 aliphatic carbocycles. The van der Waals surface area contributed by atoms with E-state index < -0.39 is 6.10 Å². The van der Waals surface area contributed by atoms with Crippen LogP contribution in [0.3, 0.4) is 0 Å². The van der Waals surface area contributed by atoms with Crippen LogP contribution < -0.4 is 4.74 Å². The van der Waals surface area contributed by atoms with Crippen LogP contribution in [0.4, 0.5) is 0 Å². The number of aliphatic hydroxyl groups is 1. The molecule has 1 heterocycles. The van der Waals surface area contributed by atoms with Crippen molar-refractivity contribution < 1.29 is 9.84 Å². The zero-order valence-electron chi connectivity index (χ0n) is 9.31. The van der Waals surface area contributed by atoms with Crippen molar-refractivity contribution in [3.8, 4) is 5.75 Å². The molecule has 1 atom stereocenters. The van der Waals surface area contributed by atoms with Gasteiger partial charge in [-0.3, -0.25) is 4.68 Å². The molecule has 1 aromatic rings. The second kappa shape index (κ2) is 4.23. The highest BCUT2D eigenvalue weighted by Crippen LogP contribution is 2.36. The molecule has 1 unspecified atom stereocenters. The van der Waals surface area contributed by atoms with E-state index in [1.54, 1.807) is 18.0 Å². The number of ether oxygens (including phenoxy) is 1. The SMILES string of the molecule is COc1cnn(C)c1C(O)CC1CCC1. The number of aryl methyl sites for hydroxylation is 1. The first-order valence-electron chi connectivity index (χ1n) is 5.46. The Morgan fingerprint density at radius 3 is 2.93 bits per heavy atom. The van der Waals surface area contributed by atoms with Gasteiger partial charge in [-0.15, -0.1) is 0 Å². The fourth-order valence-corrected chi connectivity index (χ4v) is 2.12. The smallest absolute Gasteiger partial charge is 0.162 e. The van der Waals surface area contributed by atoms with E-state index in [0.29, 0.717) is 11.7 Å². The van der Waals surface area contributed by atoms with Gasteiger partial charge in [-0.2, -0.15) is 5.10 Å². The highest BCUT2D eigenvalue weighted by molar-refractivity contribution is 5.27. The molecule has 0 aliphatic heterocycles. The van der Waals surface area contributed by atoms with E-state index >= 15 is 0 Å². The molecule has 84 valence electrons. The van der Waals surface area contributed by atoms with Gasteiger partial charge in [-0.1, -0.05) is 19.3 Å². The van der Waals surface area contributed by atoms with Gasteiger partial charge in [0.2, 0.25) is 0 Å². The zero-order valence-corrected chi connectivity index (χ0v) is 9.31. The molecule has 0 bridgehead atoms. The third-order valence-corrected chi connectivity index (χ3v) is 3.27. The number of hydrogen-bond donors (Lipinski definition) is 1. The second-order valence-electron chi connectivity index (χ2n) is 4.27. The van der Waals surface area contributed by atoms with E-state index in [1.165, 1.54) is 19.3 Å². The molecular formula is C11H18N2O2. The highest BCUT2D eigenvalue weighted by Gasteiger charge is 2.25. The first-order valence-corrected chi connectivity index (χ1v) is 5.46. The monoisotopic (exact) mass is 210 g/mol. The van der Waals surface area contributed by atoms with Crippen LogP contribution in [-0.2, 0) is 7.05 Å². The molecule has 0 amide bonds. The maximum atomic E-state index is 10.1. The largest absolute Gasteiger partial charge is 0.493 e. The van der Waals surface area contributed by atoms with Crippen molar-refractivity contribution in [1.29, 1.82) is 0 Å². The van der Waals surface area contributed by atoms with Crippen molar-refractivity contribution in [2.75, 3.05) is 7.11 Å². The third kappa shape index (κ3) is 2.00. The fraction of sp³-hybridized carbons (Fsp3) is 0.727. The van der Waals surface area contributed by atoms with Gasteiger partial charge < -0.3 is 9.84 Å². The van der Waals surface area contributed by atoms with Crippen molar-refractivity contribution in [3.63, 3.8) is 0 Å². The predicted molar refractivity (Wildman–Crippen MR) is 56.7 cm³/mol. The van der Waals surface area contributed by atoms with Crippen molar-refractivity contribution in [1.82, 2.24) is 9.78 Å². The lowest BCUT2D eigenvalue weighted by molar-refractivity contribution is 0.109. The molecule has 0 radical (unpaired) electrons. The van der Waals surface area contributed by atoms with Crippen molar-refractivity contribution in [2.45, 2.75) is 31.8 Å². The van der Waals surface area contributed by atoms with Crippen LogP contribution in [0.5, 0.6) is 5.75 Å². The molecule has 4 nitrogen and oxygen atoms in total. The van der Waals surface area contributed by atoms with E-state index in [-0.39, 0.29) is 0 Å². The van der Waals surface area contributed by atoms with Gasteiger partial charge in [-0.05, 0) is 12.3 Å². The van der Waals surface area contributed by atoms with Gasteiger partial charge in [0.25, 0.3) is 0 Å². The lowest BCUT2D eigenvalue weighted by Gasteiger charge is -2.27. The summed E-state index contributed by atoms with van der Waals surface area (Å²) in [6.07, 6.45) is 5.83. The topological polar surface area (TPSA) is 47.3 Å². The predicted octanol–water partition coefficient (Wildman–Crippen LogP) is 1.65. The normalized spacial score (nSPS) is 18.6. The first-order chi connectivity index (χ1) is 7.22. The van der Waals surface area contributed by atoms with E-state index in [1.807, 2.05) is 7.05 Å². The van der Waals surface area contributed by atoms with Gasteiger partial charge in [-0.25, -0.2) is 0 Å². The molecule has 0 saturated heterocycles. The standard InChI is InChI=1S/C11H18N2O2/c1-13-11(10(15-2)7-12-13)9(14)6-8-4-3-5-8/h7-9,14H,3-6H2,1-2H3. The first kappa shape index (κ1) is 10.5. The Morgan fingerprint density at radius 2 is 2.40 bits per heavy atom. The van der Waals surface area contributed by atoms with Crippen molar-refractivity contribution >= 4 is 0 Å². The quantitative estimate of drug-likeness (QED) is 0.822. The molecule has 1 aromatic heterocycles. The Morgan fingerprint density at radius 1 is 1.67 bits per heavy atom. The Labute approximate surface area is 89.9 Å². The summed E-state index contributed by atoms with van der Waals surface area (Å²) in [5.74, 6) is 1.36. The molecule has 1 N–H and O–H groups in total. The minimum absolute atomic E-state index is 0.447. The number of aliphatic hydroxyl groups excluding tert-OH is 1. The van der Waals surface area contributed by atoms with Crippen LogP contribution in [0, 0.1) is 5.92 Å². The summed E-state index contributed by atoms with van der Waals surface area (Å²) in [6, 6.07) is 0. The molecule has 0 spiro atoms. The summed E-state index contributed by atoms with van der Waals surface area (Å²) >= 11 is 0. The van der Waals surface area contributed by atoms with Gasteiger partial charge in [0, 0.05) is 7.05 Å². The molecule has 15 heavy (non-hydrogen) atoms. The maximum Gasteiger partial charge on any atom is 0.162 e. The van der Waals surface area contributed by atoms with Crippen LogP contribution in [-0.4, -0.2) is 22.0 Å². The lowest BCUT2D eigenvalue weighted by Crippen LogP contribution is -2.17. The Hall–Kier alpha value is -1.03. The minimum Gasteiger partial charge on any atom is -0.493 e. The summed E-state index contributed by atoms with van der Waals surface area (Å²) in [7, 11) is 3.44. The van der Waals surface area contributed by atoms with Crippen LogP contribution in [0.25, 0.3) is 0 Å². The second-order valence-corrected chi connectivity index (χ2v) is 4.27. The van der Waals surface area contributed by atoms with Gasteiger partial charge in [0.05, 0.1) is 19.4 Å². The van der Waals surface area contributed by atoms with Gasteiger partial charge in [0.1, 0.15) is 5.69 Å². The Bertz CT molecular complexity index is 331. The summed E-state index contributed by atoms with van der Waals surface area (Å²) in [4.78, 5) is 0. The number of nitrogens with zero attached hydrogens (tertiary/aromatic N) is 2. The van der Waals surface area contributed by atoms with Crippen LogP contribution in [0.15, 0.2) is 6.20 Å². The minimum atomic E-state index is -0.447. The van der Waals surface area contributed by atoms with Crippen LogP contribution in [0.1, 0.15) is 37.5 Å².